The van der Waals surface area contributed by atoms with Gasteiger partial charge < -0.3 is 15.2 Å². The second kappa shape index (κ2) is 21.3. The number of hydrogen-bond donors (Lipinski definition) is 1. The van der Waals surface area contributed by atoms with Crippen molar-refractivity contribution in [1.29, 1.82) is 0 Å². The molecule has 1 atom stereocenters. The van der Waals surface area contributed by atoms with Crippen molar-refractivity contribution >= 4 is 11.9 Å². The van der Waals surface area contributed by atoms with Crippen molar-refractivity contribution in [2.24, 2.45) is 5.73 Å². The summed E-state index contributed by atoms with van der Waals surface area (Å²) in [5.74, 6) is -0.816. The van der Waals surface area contributed by atoms with E-state index in [4.69, 9.17) is 5.73 Å². The summed E-state index contributed by atoms with van der Waals surface area (Å²) in [6, 6.07) is -0.737. The molecule has 0 bridgehead atoms. The van der Waals surface area contributed by atoms with Crippen LogP contribution in [0.15, 0.2) is 0 Å². The molecule has 0 aliphatic carbocycles. The molecule has 19 heavy (non-hydrogen) atoms. The van der Waals surface area contributed by atoms with Gasteiger partial charge in [-0.1, -0.05) is 7.43 Å². The highest BCUT2D eigenvalue weighted by atomic mass is 16.5. The highest BCUT2D eigenvalue weighted by Crippen LogP contribution is 1.99. The van der Waals surface area contributed by atoms with Crippen LogP contribution in [0.25, 0.3) is 0 Å². The molecule has 0 aliphatic heterocycles. The smallest absolute Gasteiger partial charge is 0.322 e. The molecule has 5 heteroatoms. The van der Waals surface area contributed by atoms with Crippen molar-refractivity contribution in [1.82, 2.24) is 0 Å². The zero-order chi connectivity index (χ0) is 15.0. The lowest BCUT2D eigenvalue weighted by Gasteiger charge is -2.09. The molecule has 0 aromatic rings. The van der Waals surface area contributed by atoms with Gasteiger partial charge in [-0.05, 0) is 20.3 Å². The number of esters is 2. The molecule has 0 heterocycles. The number of terminal acetylenes is 2. The Morgan fingerprint density at radius 1 is 1.05 bits per heavy atom. The largest absolute Gasteiger partial charge is 0.466 e. The Morgan fingerprint density at radius 2 is 1.47 bits per heavy atom. The highest BCUT2D eigenvalue weighted by Gasteiger charge is 2.16. The first-order valence-corrected chi connectivity index (χ1v) is 5.36. The van der Waals surface area contributed by atoms with Crippen LogP contribution in [0.4, 0.5) is 0 Å². The molecular weight excluding hydrogens is 246 g/mol. The molecule has 2 N–H and O–H groups in total. The second-order valence-electron chi connectivity index (χ2n) is 2.70. The molecule has 0 fully saturated rings. The van der Waals surface area contributed by atoms with Crippen molar-refractivity contribution in [3.63, 3.8) is 0 Å². The Bertz CT molecular complexity index is 253. The lowest BCUT2D eigenvalue weighted by atomic mass is 10.2. The van der Waals surface area contributed by atoms with Crippen LogP contribution in [0.1, 0.15) is 34.1 Å². The van der Waals surface area contributed by atoms with Gasteiger partial charge in [-0.25, -0.2) is 0 Å². The lowest BCUT2D eigenvalue weighted by molar-refractivity contribution is -0.146. The molecular formula is C14H25NO4. The van der Waals surface area contributed by atoms with Crippen molar-refractivity contribution < 1.29 is 19.1 Å². The summed E-state index contributed by atoms with van der Waals surface area (Å²) in [4.78, 5) is 21.9. The van der Waals surface area contributed by atoms with Crippen LogP contribution in [0, 0.1) is 25.7 Å². The Hall–Kier alpha value is -1.98. The van der Waals surface area contributed by atoms with Crippen LogP contribution in [0.5, 0.6) is 0 Å². The van der Waals surface area contributed by atoms with Crippen LogP contribution in [-0.4, -0.2) is 31.2 Å². The van der Waals surface area contributed by atoms with Crippen LogP contribution in [-0.2, 0) is 19.1 Å². The minimum absolute atomic E-state index is 0. The Balaban J connectivity index is -0.000000204. The maximum Gasteiger partial charge on any atom is 0.322 e. The van der Waals surface area contributed by atoms with Crippen molar-refractivity contribution in [3.05, 3.63) is 0 Å². The fourth-order valence-electron chi connectivity index (χ4n) is 0.874. The fourth-order valence-corrected chi connectivity index (χ4v) is 0.874. The van der Waals surface area contributed by atoms with E-state index in [1.165, 1.54) is 0 Å². The maximum atomic E-state index is 11.0. The first kappa shape index (κ1) is 25.8. The summed E-state index contributed by atoms with van der Waals surface area (Å²) >= 11 is 0. The van der Waals surface area contributed by atoms with Gasteiger partial charge in [-0.3, -0.25) is 9.59 Å². The molecule has 0 aliphatic rings. The van der Waals surface area contributed by atoms with Crippen LogP contribution < -0.4 is 5.73 Å². The summed E-state index contributed by atoms with van der Waals surface area (Å²) in [7, 11) is 0. The zero-order valence-corrected chi connectivity index (χ0v) is 10.9. The molecule has 5 nitrogen and oxygen atoms in total. The van der Waals surface area contributed by atoms with E-state index >= 15 is 0 Å². The summed E-state index contributed by atoms with van der Waals surface area (Å²) in [5, 5.41) is 0. The van der Waals surface area contributed by atoms with Crippen LogP contribution >= 0.6 is 0 Å². The average molecular weight is 271 g/mol. The molecule has 110 valence electrons. The summed E-state index contributed by atoms with van der Waals surface area (Å²) in [6.07, 6.45) is 16.4. The summed E-state index contributed by atoms with van der Waals surface area (Å²) < 4.78 is 9.37. The number of carbonyl (C=O) groups is 2. The molecule has 1 unspecified atom stereocenters. The Morgan fingerprint density at radius 3 is 1.84 bits per heavy atom. The third kappa shape index (κ3) is 18.6. The molecule has 0 aromatic carbocycles. The number of ether oxygens (including phenoxy) is 2. The van der Waals surface area contributed by atoms with E-state index in [0.717, 1.165) is 0 Å². The van der Waals surface area contributed by atoms with Gasteiger partial charge in [0.15, 0.2) is 0 Å². The van der Waals surface area contributed by atoms with E-state index in [1.54, 1.807) is 13.8 Å². The topological polar surface area (TPSA) is 78.6 Å². The molecule has 0 saturated heterocycles. The standard InChI is InChI=1S/C9H17NO4.2C2H2.CH4/c1-3-13-8(11)6-5-7(10)9(12)14-4-2;2*1-2;/h7H,3-6,10H2,1-2H3;2*1-2H;1H4. The van der Waals surface area contributed by atoms with E-state index in [-0.39, 0.29) is 26.2 Å². The third-order valence-electron chi connectivity index (χ3n) is 1.55. The molecule has 0 rings (SSSR count). The Kier molecular flexibility index (Phi) is 28.9. The lowest BCUT2D eigenvalue weighted by Crippen LogP contribution is -2.32. The van der Waals surface area contributed by atoms with Crippen LogP contribution in [0.2, 0.25) is 0 Å². The molecule has 0 saturated carbocycles. The van der Waals surface area contributed by atoms with E-state index in [0.29, 0.717) is 13.2 Å². The molecule has 0 spiro atoms. The van der Waals surface area contributed by atoms with E-state index in [9.17, 15) is 9.59 Å². The average Bonchev–Trinajstić information content (AvgIpc) is 2.41. The van der Waals surface area contributed by atoms with Gasteiger partial charge >= 0.3 is 11.9 Å². The molecule has 0 radical (unpaired) electrons. The molecule has 0 amide bonds. The number of carbonyl (C=O) groups excluding carboxylic acids is 2. The fraction of sp³-hybridized carbons (Fsp3) is 0.571. The molecule has 0 aromatic heterocycles. The minimum Gasteiger partial charge on any atom is -0.466 e. The number of hydrogen-bond acceptors (Lipinski definition) is 5. The van der Waals surface area contributed by atoms with Gasteiger partial charge in [-0.15, -0.1) is 25.7 Å². The predicted octanol–water partition coefficient (Wildman–Crippen LogP) is 1.35. The first-order valence-electron chi connectivity index (χ1n) is 5.36. The van der Waals surface area contributed by atoms with Gasteiger partial charge in [0.05, 0.1) is 13.2 Å². The normalized spacial score (nSPS) is 9.00. The number of rotatable bonds is 6. The van der Waals surface area contributed by atoms with Crippen LogP contribution in [0.3, 0.4) is 0 Å². The van der Waals surface area contributed by atoms with Gasteiger partial charge in [0.2, 0.25) is 0 Å². The Labute approximate surface area is 116 Å². The summed E-state index contributed by atoms with van der Waals surface area (Å²) in [6.45, 7) is 4.07. The zero-order valence-electron chi connectivity index (χ0n) is 10.9. The van der Waals surface area contributed by atoms with Gasteiger partial charge in [0.1, 0.15) is 6.04 Å². The van der Waals surface area contributed by atoms with Crippen molar-refractivity contribution in [3.8, 4) is 25.7 Å². The minimum atomic E-state index is -0.737. The highest BCUT2D eigenvalue weighted by molar-refractivity contribution is 5.77. The van der Waals surface area contributed by atoms with E-state index in [1.807, 2.05) is 0 Å². The van der Waals surface area contributed by atoms with E-state index < -0.39 is 12.0 Å². The summed E-state index contributed by atoms with van der Waals surface area (Å²) in [5.41, 5.74) is 5.47. The number of nitrogens with two attached hydrogens (primary N) is 1. The van der Waals surface area contributed by atoms with Crippen molar-refractivity contribution in [2.75, 3.05) is 13.2 Å². The van der Waals surface area contributed by atoms with Crippen molar-refractivity contribution in [2.45, 2.75) is 40.2 Å². The second-order valence-corrected chi connectivity index (χ2v) is 2.70. The SMILES string of the molecule is C.C#C.C#C.CCOC(=O)CCC(N)C(=O)OCC. The van der Waals surface area contributed by atoms with Gasteiger partial charge in [0.25, 0.3) is 0 Å². The first-order chi connectivity index (χ1) is 8.61. The van der Waals surface area contributed by atoms with Gasteiger partial charge in [0, 0.05) is 6.42 Å². The third-order valence-corrected chi connectivity index (χ3v) is 1.55. The quantitative estimate of drug-likeness (QED) is 0.583. The predicted molar refractivity (Wildman–Crippen MR) is 77.0 cm³/mol. The van der Waals surface area contributed by atoms with E-state index in [2.05, 4.69) is 35.2 Å². The maximum absolute atomic E-state index is 11.0. The monoisotopic (exact) mass is 271 g/mol. The van der Waals surface area contributed by atoms with Gasteiger partial charge in [-0.2, -0.15) is 0 Å².